The highest BCUT2D eigenvalue weighted by Crippen LogP contribution is 2.24. The van der Waals surface area contributed by atoms with Crippen molar-refractivity contribution >= 4 is 17.6 Å². The third kappa shape index (κ3) is 9.79. The maximum Gasteiger partial charge on any atom is 0.344 e. The lowest BCUT2D eigenvalue weighted by molar-refractivity contribution is -0.132. The van der Waals surface area contributed by atoms with Gasteiger partial charge >= 0.3 is 11.9 Å². The van der Waals surface area contributed by atoms with Gasteiger partial charge < -0.3 is 24.6 Å². The Morgan fingerprint density at radius 1 is 0.958 bits per heavy atom. The number of ether oxygens (including phenoxy) is 2. The maximum atomic E-state index is 14.2. The van der Waals surface area contributed by atoms with Gasteiger partial charge in [0.25, 0.3) is 0 Å². The van der Waals surface area contributed by atoms with Crippen LogP contribution in [0, 0.1) is 29.7 Å². The van der Waals surface area contributed by atoms with E-state index in [-0.39, 0.29) is 23.2 Å². The molecular formula is C37H37F2N3O6. The minimum Gasteiger partial charge on any atom is -0.484 e. The van der Waals surface area contributed by atoms with Gasteiger partial charge in [-0.25, -0.2) is 18.4 Å². The highest BCUT2D eigenvalue weighted by Gasteiger charge is 2.24. The summed E-state index contributed by atoms with van der Waals surface area (Å²) in [5, 5.41) is 18.3. The van der Waals surface area contributed by atoms with Crippen molar-refractivity contribution in [2.24, 2.45) is 5.92 Å². The third-order valence-electron chi connectivity index (χ3n) is 8.26. The van der Waals surface area contributed by atoms with Gasteiger partial charge in [-0.1, -0.05) is 41.8 Å². The molecule has 2 aromatic carbocycles. The molecule has 0 aromatic heterocycles. The number of hydrogen-bond acceptors (Lipinski definition) is 7. The summed E-state index contributed by atoms with van der Waals surface area (Å²) in [6.07, 6.45) is 13.0. The summed E-state index contributed by atoms with van der Waals surface area (Å²) in [5.74, 6) is -2.75. The van der Waals surface area contributed by atoms with Crippen LogP contribution in [0.15, 0.2) is 89.4 Å². The average Bonchev–Trinajstić information content (AvgIpc) is 3.55. The zero-order valence-electron chi connectivity index (χ0n) is 26.4. The highest BCUT2D eigenvalue weighted by molar-refractivity contribution is 5.90. The predicted molar refractivity (Wildman–Crippen MR) is 175 cm³/mol. The van der Waals surface area contributed by atoms with Gasteiger partial charge in [-0.05, 0) is 61.9 Å². The van der Waals surface area contributed by atoms with Crippen LogP contribution in [0.3, 0.4) is 0 Å². The number of carboxylic acid groups (broad SMARTS) is 2. The summed E-state index contributed by atoms with van der Waals surface area (Å²) in [6, 6.07) is 11.9. The number of halogens is 2. The first-order valence-electron chi connectivity index (χ1n) is 15.8. The minimum atomic E-state index is -1.08. The molecule has 250 valence electrons. The molecule has 2 atom stereocenters. The molecule has 0 amide bonds. The molecule has 0 bridgehead atoms. The first-order chi connectivity index (χ1) is 23.2. The number of benzene rings is 1. The van der Waals surface area contributed by atoms with Crippen LogP contribution in [0.25, 0.3) is 0 Å². The van der Waals surface area contributed by atoms with Gasteiger partial charge in [-0.15, -0.1) is 0 Å². The molecule has 2 N–H and O–H groups in total. The van der Waals surface area contributed by atoms with E-state index in [0.717, 1.165) is 37.6 Å². The molecule has 11 heteroatoms. The quantitative estimate of drug-likeness (QED) is 0.182. The van der Waals surface area contributed by atoms with Crippen molar-refractivity contribution in [1.82, 2.24) is 9.80 Å². The van der Waals surface area contributed by atoms with E-state index in [2.05, 4.69) is 45.5 Å². The number of carbonyl (C=O) groups is 2. The van der Waals surface area contributed by atoms with Gasteiger partial charge in [-0.2, -0.15) is 0 Å². The summed E-state index contributed by atoms with van der Waals surface area (Å²) >= 11 is 0. The number of aromatic carboxylic acids is 1. The second-order valence-corrected chi connectivity index (χ2v) is 11.6. The average molecular weight is 658 g/mol. The van der Waals surface area contributed by atoms with E-state index < -0.39 is 23.6 Å². The van der Waals surface area contributed by atoms with E-state index >= 15 is 0 Å². The van der Waals surface area contributed by atoms with Crippen molar-refractivity contribution < 1.29 is 38.1 Å². The Morgan fingerprint density at radius 2 is 1.81 bits per heavy atom. The largest absolute Gasteiger partial charge is 0.484 e. The van der Waals surface area contributed by atoms with Crippen molar-refractivity contribution in [1.29, 1.82) is 0 Å². The molecule has 2 unspecified atom stereocenters. The molecule has 0 saturated carbocycles. The number of anilines is 1. The zero-order valence-corrected chi connectivity index (χ0v) is 26.4. The monoisotopic (exact) mass is 657 g/mol. The fourth-order valence-corrected chi connectivity index (χ4v) is 5.68. The summed E-state index contributed by atoms with van der Waals surface area (Å²) in [4.78, 5) is 28.7. The summed E-state index contributed by atoms with van der Waals surface area (Å²) < 4.78 is 39.7. The number of allylic oxidation sites excluding steroid dienone is 2. The Bertz CT molecular complexity index is 1660. The molecule has 1 saturated heterocycles. The van der Waals surface area contributed by atoms with Crippen molar-refractivity contribution in [3.63, 3.8) is 0 Å². The van der Waals surface area contributed by atoms with Crippen LogP contribution in [0.2, 0.25) is 0 Å². The minimum absolute atomic E-state index is 0.00756. The topological polar surface area (TPSA) is 103 Å². The second kappa shape index (κ2) is 16.8. The Kier molecular flexibility index (Phi) is 12.0. The molecule has 0 radical (unpaired) electrons. The molecule has 1 heterocycles. The smallest absolute Gasteiger partial charge is 0.344 e. The Labute approximate surface area is 278 Å². The number of aliphatic carboxylic acids is 1. The molecule has 0 spiro atoms. The lowest BCUT2D eigenvalue weighted by Crippen LogP contribution is -2.34. The summed E-state index contributed by atoms with van der Waals surface area (Å²) in [5.41, 5.74) is 6.91. The lowest BCUT2D eigenvalue weighted by Gasteiger charge is -2.28. The third-order valence-corrected chi connectivity index (χ3v) is 8.26. The first kappa shape index (κ1) is 34.4. The second-order valence-electron chi connectivity index (χ2n) is 11.6. The first-order valence-corrected chi connectivity index (χ1v) is 15.8. The predicted octanol–water partition coefficient (Wildman–Crippen LogP) is 4.89. The Balaban J connectivity index is 1.11. The van der Waals surface area contributed by atoms with Gasteiger partial charge in [0, 0.05) is 56.9 Å². The summed E-state index contributed by atoms with van der Waals surface area (Å²) in [7, 11) is 0. The van der Waals surface area contributed by atoms with Gasteiger partial charge in [0.15, 0.2) is 5.75 Å². The number of rotatable bonds is 17. The SMILES string of the molecule is O=C(O)C1=C=C=C(CN(CCOc2c#cc(C(=O)O)cc2)CCC2C=CC=CC2OCCCN2CCN(c3ccc(F)cc3F)C2)C=C1. The zero-order chi connectivity index (χ0) is 33.9. The van der Waals surface area contributed by atoms with Crippen LogP contribution >= 0.6 is 0 Å². The van der Waals surface area contributed by atoms with E-state index in [1.54, 1.807) is 12.1 Å². The standard InChI is InChI=1S/C37H37F2N3O6/c38-31-12-15-34(33(39)24-31)42-20-19-41(26-42)17-3-22-48-35-5-2-1-4-28(35)16-18-40(25-27-6-8-29(9-7-27)36(43)44)21-23-47-32-13-10-30(11-14-32)37(45)46/h1-2,4-6,8,10,12-13,15,24,28,35H,3,16-23,25-26H2,(H,43,44)(H,45,46). The van der Waals surface area contributed by atoms with E-state index in [0.29, 0.717) is 57.5 Å². The number of carboxylic acids is 2. The molecule has 5 rings (SSSR count). The van der Waals surface area contributed by atoms with Gasteiger partial charge in [-0.3, -0.25) is 9.80 Å². The van der Waals surface area contributed by atoms with Crippen molar-refractivity contribution in [2.75, 3.05) is 64.1 Å². The molecule has 2 aromatic rings. The highest BCUT2D eigenvalue weighted by atomic mass is 19.1. The maximum absolute atomic E-state index is 14.2. The number of hydrogen-bond donors (Lipinski definition) is 2. The molecule has 3 aliphatic rings. The van der Waals surface area contributed by atoms with E-state index in [1.165, 1.54) is 24.3 Å². The number of nitrogens with zero attached hydrogens (tertiary/aromatic N) is 3. The van der Waals surface area contributed by atoms with Crippen molar-refractivity contribution in [2.45, 2.75) is 18.9 Å². The van der Waals surface area contributed by atoms with Gasteiger partial charge in [0.1, 0.15) is 29.4 Å². The van der Waals surface area contributed by atoms with E-state index in [4.69, 9.17) is 14.6 Å². The van der Waals surface area contributed by atoms with Crippen LogP contribution in [-0.4, -0.2) is 97.2 Å². The van der Waals surface area contributed by atoms with E-state index in [9.17, 15) is 23.5 Å². The fraction of sp³-hybridized carbons (Fsp3) is 0.351. The lowest BCUT2D eigenvalue weighted by atomic mass is 9.93. The van der Waals surface area contributed by atoms with Crippen LogP contribution in [0.5, 0.6) is 5.75 Å². The Morgan fingerprint density at radius 3 is 2.54 bits per heavy atom. The van der Waals surface area contributed by atoms with Crippen LogP contribution in [0.4, 0.5) is 14.5 Å². The van der Waals surface area contributed by atoms with E-state index in [1.807, 2.05) is 17.1 Å². The van der Waals surface area contributed by atoms with Crippen LogP contribution in [0.1, 0.15) is 23.2 Å². The molecular weight excluding hydrogens is 620 g/mol. The van der Waals surface area contributed by atoms with Crippen molar-refractivity contribution in [3.8, 4) is 5.75 Å². The fourth-order valence-electron chi connectivity index (χ4n) is 5.68. The molecule has 2 aliphatic carbocycles. The summed E-state index contributed by atoms with van der Waals surface area (Å²) in [6.45, 7) is 5.46. The van der Waals surface area contributed by atoms with Crippen LogP contribution in [-0.2, 0) is 9.53 Å². The van der Waals surface area contributed by atoms with Gasteiger partial charge in [0.05, 0.1) is 18.5 Å². The Hall–Kier alpha value is -4.94. The molecule has 9 nitrogen and oxygen atoms in total. The molecule has 1 fully saturated rings. The van der Waals surface area contributed by atoms with Crippen molar-refractivity contribution in [3.05, 3.63) is 119 Å². The van der Waals surface area contributed by atoms with Crippen LogP contribution < -0.4 is 9.64 Å². The molecule has 48 heavy (non-hydrogen) atoms. The van der Waals surface area contributed by atoms with Gasteiger partial charge in [0.2, 0.25) is 0 Å². The molecule has 1 aliphatic heterocycles. The normalized spacial score (nSPS) is 18.6.